The molecule has 0 aromatic carbocycles. The highest BCUT2D eigenvalue weighted by Gasteiger charge is 2.12. The average Bonchev–Trinajstić information content (AvgIpc) is 2.99. The van der Waals surface area contributed by atoms with Gasteiger partial charge in [0.15, 0.2) is 0 Å². The molecule has 0 spiro atoms. The molecule has 246 valence electrons. The summed E-state index contributed by atoms with van der Waals surface area (Å²) < 4.78 is 5.43. The van der Waals surface area contributed by atoms with Gasteiger partial charge in [-0.05, 0) is 18.8 Å². The maximum absolute atomic E-state index is 11.6. The van der Waals surface area contributed by atoms with Crippen molar-refractivity contribution in [1.82, 2.24) is 0 Å². The van der Waals surface area contributed by atoms with Crippen LogP contribution in [0.2, 0.25) is 0 Å². The lowest BCUT2D eigenvalue weighted by Crippen LogP contribution is -2.15. The van der Waals surface area contributed by atoms with E-state index in [1.54, 1.807) is 0 Å². The Balaban J connectivity index is 3.64. The van der Waals surface area contributed by atoms with Gasteiger partial charge < -0.3 is 4.74 Å². The van der Waals surface area contributed by atoms with Crippen LogP contribution in [-0.2, 0) is 9.53 Å². The van der Waals surface area contributed by atoms with Crippen LogP contribution in [0.1, 0.15) is 219 Å². The molecule has 1 unspecified atom stereocenters. The summed E-state index contributed by atoms with van der Waals surface area (Å²) >= 11 is 5.65. The van der Waals surface area contributed by atoms with Crippen LogP contribution in [0.4, 0.5) is 0 Å². The SMILES string of the molecule is CCCCCCCCCCCCCCCCCCC(CCCCCCCCCCCCCCCC)COC(=O)CCl. The van der Waals surface area contributed by atoms with Gasteiger partial charge in [0.2, 0.25) is 0 Å². The number of halogens is 1. The van der Waals surface area contributed by atoms with E-state index in [2.05, 4.69) is 13.8 Å². The fourth-order valence-corrected chi connectivity index (χ4v) is 6.25. The molecule has 0 saturated heterocycles. The van der Waals surface area contributed by atoms with E-state index < -0.39 is 0 Å². The topological polar surface area (TPSA) is 26.3 Å². The molecule has 3 heteroatoms. The van der Waals surface area contributed by atoms with Crippen molar-refractivity contribution in [2.45, 2.75) is 219 Å². The molecule has 0 rings (SSSR count). The summed E-state index contributed by atoms with van der Waals surface area (Å²) in [7, 11) is 0. The predicted octanol–water partition coefficient (Wildman–Crippen LogP) is 13.9. The van der Waals surface area contributed by atoms with Crippen molar-refractivity contribution in [3.63, 3.8) is 0 Å². The first-order valence-electron chi connectivity index (χ1n) is 19.0. The molecule has 2 nitrogen and oxygen atoms in total. The van der Waals surface area contributed by atoms with Gasteiger partial charge in [-0.3, -0.25) is 4.79 Å². The third kappa shape index (κ3) is 34.1. The van der Waals surface area contributed by atoms with Crippen LogP contribution in [0.15, 0.2) is 0 Å². The number of carbonyl (C=O) groups is 1. The minimum atomic E-state index is -0.260. The van der Waals surface area contributed by atoms with Crippen LogP contribution in [0, 0.1) is 5.92 Å². The van der Waals surface area contributed by atoms with Gasteiger partial charge in [0.1, 0.15) is 5.88 Å². The molecule has 0 N–H and O–H groups in total. The minimum absolute atomic E-state index is 0.0232. The summed E-state index contributed by atoms with van der Waals surface area (Å²) in [5.74, 6) is 0.237. The summed E-state index contributed by atoms with van der Waals surface area (Å²) in [6.45, 7) is 5.16. The van der Waals surface area contributed by atoms with Crippen molar-refractivity contribution < 1.29 is 9.53 Å². The van der Waals surface area contributed by atoms with E-state index in [-0.39, 0.29) is 11.8 Å². The lowest BCUT2D eigenvalue weighted by Gasteiger charge is -2.17. The number of carbonyl (C=O) groups excluding carboxylic acids is 1. The first-order chi connectivity index (χ1) is 20.2. The minimum Gasteiger partial charge on any atom is -0.465 e. The van der Waals surface area contributed by atoms with Crippen molar-refractivity contribution in [1.29, 1.82) is 0 Å². The lowest BCUT2D eigenvalue weighted by molar-refractivity contribution is -0.142. The van der Waals surface area contributed by atoms with Gasteiger partial charge in [-0.1, -0.05) is 206 Å². The van der Waals surface area contributed by atoms with E-state index in [9.17, 15) is 4.79 Å². The van der Waals surface area contributed by atoms with E-state index in [4.69, 9.17) is 16.3 Å². The van der Waals surface area contributed by atoms with Gasteiger partial charge in [0.05, 0.1) is 6.61 Å². The highest BCUT2D eigenvalue weighted by molar-refractivity contribution is 6.26. The Labute approximate surface area is 264 Å². The first-order valence-corrected chi connectivity index (χ1v) is 19.5. The van der Waals surface area contributed by atoms with Crippen LogP contribution < -0.4 is 0 Å². The van der Waals surface area contributed by atoms with E-state index in [1.807, 2.05) is 0 Å². The number of hydrogen-bond acceptors (Lipinski definition) is 2. The number of ether oxygens (including phenoxy) is 1. The zero-order chi connectivity index (χ0) is 29.9. The molecule has 0 aliphatic rings. The largest absolute Gasteiger partial charge is 0.465 e. The second kappa shape index (κ2) is 36.0. The van der Waals surface area contributed by atoms with Crippen molar-refractivity contribution in [2.24, 2.45) is 5.92 Å². The first kappa shape index (κ1) is 40.8. The predicted molar refractivity (Wildman–Crippen MR) is 184 cm³/mol. The summed E-state index contributed by atoms with van der Waals surface area (Å²) in [5, 5.41) is 0. The van der Waals surface area contributed by atoms with E-state index in [0.29, 0.717) is 12.5 Å². The van der Waals surface area contributed by atoms with Crippen molar-refractivity contribution in [3.8, 4) is 0 Å². The Morgan fingerprint density at radius 3 is 0.927 bits per heavy atom. The number of alkyl halides is 1. The molecule has 1 atom stereocenters. The third-order valence-corrected chi connectivity index (χ3v) is 9.24. The molecule has 41 heavy (non-hydrogen) atoms. The number of rotatable bonds is 35. The van der Waals surface area contributed by atoms with Gasteiger partial charge >= 0.3 is 5.97 Å². The molecule has 0 heterocycles. The highest BCUT2D eigenvalue weighted by atomic mass is 35.5. The number of hydrogen-bond donors (Lipinski definition) is 0. The maximum atomic E-state index is 11.6. The Bertz CT molecular complexity index is 495. The monoisotopic (exact) mass is 599 g/mol. The van der Waals surface area contributed by atoms with Crippen LogP contribution >= 0.6 is 11.6 Å². The van der Waals surface area contributed by atoms with Crippen LogP contribution in [0.3, 0.4) is 0 Å². The number of esters is 1. The maximum Gasteiger partial charge on any atom is 0.320 e. The lowest BCUT2D eigenvalue weighted by atomic mass is 9.94. The van der Waals surface area contributed by atoms with Crippen molar-refractivity contribution in [3.05, 3.63) is 0 Å². The second-order valence-corrected chi connectivity index (χ2v) is 13.4. The van der Waals surface area contributed by atoms with Gasteiger partial charge in [-0.25, -0.2) is 0 Å². The van der Waals surface area contributed by atoms with Crippen LogP contribution in [-0.4, -0.2) is 18.5 Å². The van der Waals surface area contributed by atoms with Gasteiger partial charge in [0.25, 0.3) is 0 Å². The standard InChI is InChI=1S/C38H75ClO2/c1-3-5-7-9-11-13-15-17-19-20-22-24-26-28-30-32-34-37(36-41-38(40)35-39)33-31-29-27-25-23-21-18-16-14-12-10-8-6-4-2/h37H,3-36H2,1-2H3. The highest BCUT2D eigenvalue weighted by Crippen LogP contribution is 2.21. The smallest absolute Gasteiger partial charge is 0.320 e. The molecule has 0 saturated carbocycles. The van der Waals surface area contributed by atoms with Gasteiger partial charge in [-0.15, -0.1) is 11.6 Å². The average molecular weight is 599 g/mol. The summed E-state index contributed by atoms with van der Waals surface area (Å²) in [5.41, 5.74) is 0. The summed E-state index contributed by atoms with van der Waals surface area (Å²) in [4.78, 5) is 11.6. The fraction of sp³-hybridized carbons (Fsp3) is 0.974. The molecule has 0 aliphatic heterocycles. The zero-order valence-electron chi connectivity index (χ0n) is 28.3. The fourth-order valence-electron chi connectivity index (χ4n) is 6.17. The van der Waals surface area contributed by atoms with Gasteiger partial charge in [0, 0.05) is 0 Å². The summed E-state index contributed by atoms with van der Waals surface area (Å²) in [6, 6.07) is 0. The van der Waals surface area contributed by atoms with E-state index >= 15 is 0 Å². The normalized spacial score (nSPS) is 12.2. The molecule has 0 bridgehead atoms. The van der Waals surface area contributed by atoms with Crippen molar-refractivity contribution >= 4 is 17.6 Å². The molecule has 0 aromatic rings. The summed E-state index contributed by atoms with van der Waals surface area (Å²) in [6.07, 6.45) is 44.5. The van der Waals surface area contributed by atoms with E-state index in [0.717, 1.165) is 0 Å². The molecule has 0 aromatic heterocycles. The molecular weight excluding hydrogens is 524 g/mol. The second-order valence-electron chi connectivity index (χ2n) is 13.2. The molecule has 0 aliphatic carbocycles. The molecule has 0 radical (unpaired) electrons. The third-order valence-electron chi connectivity index (χ3n) is 9.02. The Kier molecular flexibility index (Phi) is 35.7. The number of unbranched alkanes of at least 4 members (excludes halogenated alkanes) is 28. The van der Waals surface area contributed by atoms with Gasteiger partial charge in [-0.2, -0.15) is 0 Å². The molecular formula is C38H75ClO2. The Hall–Kier alpha value is -0.240. The zero-order valence-corrected chi connectivity index (χ0v) is 29.1. The quantitative estimate of drug-likeness (QED) is 0.0412. The van der Waals surface area contributed by atoms with Crippen LogP contribution in [0.25, 0.3) is 0 Å². The molecule has 0 fully saturated rings. The molecule has 0 amide bonds. The van der Waals surface area contributed by atoms with Crippen LogP contribution in [0.5, 0.6) is 0 Å². The van der Waals surface area contributed by atoms with Crippen molar-refractivity contribution in [2.75, 3.05) is 12.5 Å². The Morgan fingerprint density at radius 2 is 0.683 bits per heavy atom. The Morgan fingerprint density at radius 1 is 0.439 bits per heavy atom. The van der Waals surface area contributed by atoms with E-state index in [1.165, 1.54) is 205 Å².